The number of hydrogen-bond donors (Lipinski definition) is 0. The molecule has 1 fully saturated rings. The van der Waals surface area contributed by atoms with E-state index in [1.807, 2.05) is 20.8 Å². The van der Waals surface area contributed by atoms with E-state index in [1.54, 1.807) is 4.90 Å². The van der Waals surface area contributed by atoms with Crippen molar-refractivity contribution in [1.82, 2.24) is 4.90 Å². The Kier molecular flexibility index (Phi) is 4.86. The van der Waals surface area contributed by atoms with Crippen molar-refractivity contribution >= 4 is 5.91 Å². The van der Waals surface area contributed by atoms with E-state index in [2.05, 4.69) is 0 Å². The van der Waals surface area contributed by atoms with Gasteiger partial charge >= 0.3 is 0 Å². The van der Waals surface area contributed by atoms with Crippen LogP contribution in [0.1, 0.15) is 34.1 Å². The molecule has 0 radical (unpaired) electrons. The fourth-order valence-electron chi connectivity index (χ4n) is 1.07. The van der Waals surface area contributed by atoms with Crippen molar-refractivity contribution in [2.45, 2.75) is 46.3 Å². The van der Waals surface area contributed by atoms with Crippen molar-refractivity contribution in [2.24, 2.45) is 0 Å². The predicted octanol–water partition coefficient (Wildman–Crippen LogP) is 1.99. The molecule has 0 aliphatic carbocycles. The molecule has 2 nitrogen and oxygen atoms in total. The van der Waals surface area contributed by atoms with Crippen molar-refractivity contribution in [1.29, 1.82) is 0 Å². The highest BCUT2D eigenvalue weighted by molar-refractivity contribution is 5.81. The van der Waals surface area contributed by atoms with Crippen LogP contribution in [0.3, 0.4) is 0 Å². The second-order valence-corrected chi connectivity index (χ2v) is 2.79. The van der Waals surface area contributed by atoms with Gasteiger partial charge in [-0.1, -0.05) is 13.8 Å². The third kappa shape index (κ3) is 2.47. The zero-order chi connectivity index (χ0) is 9.72. The van der Waals surface area contributed by atoms with Gasteiger partial charge in [0.05, 0.1) is 0 Å². The molecule has 0 aromatic rings. The Labute approximate surface area is 73.7 Å². The Bertz CT molecular complexity index is 147. The third-order valence-electron chi connectivity index (χ3n) is 1.94. The van der Waals surface area contributed by atoms with Gasteiger partial charge in [-0.2, -0.15) is 0 Å². The predicted molar refractivity (Wildman–Crippen MR) is 47.7 cm³/mol. The highest BCUT2D eigenvalue weighted by Crippen LogP contribution is 2.17. The first-order chi connectivity index (χ1) is 5.63. The van der Waals surface area contributed by atoms with Crippen molar-refractivity contribution in [3.63, 3.8) is 0 Å². The Morgan fingerprint density at radius 3 is 2.17 bits per heavy atom. The number of nitrogens with zero attached hydrogens (tertiary/aromatic N) is 1. The summed E-state index contributed by atoms with van der Waals surface area (Å²) in [7, 11) is 0. The second-order valence-electron chi connectivity index (χ2n) is 2.79. The Morgan fingerprint density at radius 2 is 2.08 bits per heavy atom. The van der Waals surface area contributed by atoms with Crippen molar-refractivity contribution < 1.29 is 9.18 Å². The SMILES string of the molecule is CC.CC(F)C(=O)N1CC[C@H]1C. The molecule has 0 N–H and O–H groups in total. The first-order valence-electron chi connectivity index (χ1n) is 4.57. The summed E-state index contributed by atoms with van der Waals surface area (Å²) in [5.74, 6) is -0.362. The van der Waals surface area contributed by atoms with E-state index >= 15 is 0 Å². The van der Waals surface area contributed by atoms with Crippen molar-refractivity contribution in [2.75, 3.05) is 6.54 Å². The first-order valence-corrected chi connectivity index (χ1v) is 4.57. The Morgan fingerprint density at radius 1 is 1.58 bits per heavy atom. The maximum atomic E-state index is 12.3. The Hall–Kier alpha value is -0.600. The van der Waals surface area contributed by atoms with Crippen LogP contribution in [-0.2, 0) is 4.79 Å². The van der Waals surface area contributed by atoms with Gasteiger partial charge < -0.3 is 4.90 Å². The van der Waals surface area contributed by atoms with E-state index in [0.29, 0.717) is 0 Å². The third-order valence-corrected chi connectivity index (χ3v) is 1.94. The molecule has 1 rings (SSSR count). The van der Waals surface area contributed by atoms with Crippen LogP contribution < -0.4 is 0 Å². The van der Waals surface area contributed by atoms with Gasteiger partial charge in [-0.05, 0) is 20.3 Å². The van der Waals surface area contributed by atoms with Gasteiger partial charge in [0.2, 0.25) is 0 Å². The maximum Gasteiger partial charge on any atom is 0.257 e. The van der Waals surface area contributed by atoms with Crippen LogP contribution >= 0.6 is 0 Å². The van der Waals surface area contributed by atoms with Crippen LogP contribution in [0.2, 0.25) is 0 Å². The zero-order valence-electron chi connectivity index (χ0n) is 8.30. The number of carbonyl (C=O) groups excluding carboxylic acids is 1. The van der Waals surface area contributed by atoms with Gasteiger partial charge in [-0.15, -0.1) is 0 Å². The normalized spacial score (nSPS) is 23.4. The first kappa shape index (κ1) is 11.4. The molecule has 1 heterocycles. The van der Waals surface area contributed by atoms with E-state index in [9.17, 15) is 9.18 Å². The monoisotopic (exact) mass is 175 g/mol. The van der Waals surface area contributed by atoms with Crippen LogP contribution in [0.15, 0.2) is 0 Å². The molecular formula is C9H18FNO. The number of carbonyl (C=O) groups is 1. The lowest BCUT2D eigenvalue weighted by Crippen LogP contribution is -2.51. The maximum absolute atomic E-state index is 12.3. The molecule has 12 heavy (non-hydrogen) atoms. The van der Waals surface area contributed by atoms with Gasteiger partial charge in [-0.25, -0.2) is 4.39 Å². The number of rotatable bonds is 1. The fraction of sp³-hybridized carbons (Fsp3) is 0.889. The van der Waals surface area contributed by atoms with E-state index in [0.717, 1.165) is 13.0 Å². The quantitative estimate of drug-likeness (QED) is 0.597. The zero-order valence-corrected chi connectivity index (χ0v) is 8.30. The van der Waals surface area contributed by atoms with Crippen LogP contribution in [0.5, 0.6) is 0 Å². The molecule has 0 aromatic carbocycles. The van der Waals surface area contributed by atoms with Crippen molar-refractivity contribution in [3.8, 4) is 0 Å². The number of hydrogen-bond acceptors (Lipinski definition) is 1. The molecule has 0 spiro atoms. The molecule has 3 heteroatoms. The van der Waals surface area contributed by atoms with E-state index in [-0.39, 0.29) is 11.9 Å². The van der Waals surface area contributed by atoms with Crippen LogP contribution in [0.25, 0.3) is 0 Å². The number of likely N-dealkylation sites (tertiary alicyclic amines) is 1. The topological polar surface area (TPSA) is 20.3 Å². The average molecular weight is 175 g/mol. The van der Waals surface area contributed by atoms with Gasteiger partial charge in [0, 0.05) is 12.6 Å². The van der Waals surface area contributed by atoms with Crippen LogP contribution in [0, 0.1) is 0 Å². The average Bonchev–Trinajstić information content (AvgIpc) is 2.05. The molecule has 0 saturated carbocycles. The summed E-state index contributed by atoms with van der Waals surface area (Å²) < 4.78 is 12.3. The van der Waals surface area contributed by atoms with Crippen LogP contribution in [0.4, 0.5) is 4.39 Å². The summed E-state index contributed by atoms with van der Waals surface area (Å²) in [6.07, 6.45) is -0.318. The molecule has 1 amide bonds. The standard InChI is InChI=1S/C7H12FNO.C2H6/c1-5-3-4-9(5)7(10)6(2)8;1-2/h5-6H,3-4H2,1-2H3;1-2H3/t5-,6?;/m1./s1. The number of halogens is 1. The molecule has 1 aliphatic rings. The fourth-order valence-corrected chi connectivity index (χ4v) is 1.07. The molecule has 1 unspecified atom stereocenters. The molecule has 0 aromatic heterocycles. The molecule has 72 valence electrons. The lowest BCUT2D eigenvalue weighted by molar-refractivity contribution is -0.143. The molecule has 1 saturated heterocycles. The summed E-state index contributed by atoms with van der Waals surface area (Å²) in [6, 6.07) is 0.255. The smallest absolute Gasteiger partial charge is 0.257 e. The second kappa shape index (κ2) is 5.12. The van der Waals surface area contributed by atoms with Gasteiger partial charge in [-0.3, -0.25) is 4.79 Å². The largest absolute Gasteiger partial charge is 0.337 e. The van der Waals surface area contributed by atoms with Gasteiger partial charge in [0.25, 0.3) is 5.91 Å². The summed E-state index contributed by atoms with van der Waals surface area (Å²) in [4.78, 5) is 12.5. The summed E-state index contributed by atoms with van der Waals surface area (Å²) in [6.45, 7) is 7.95. The van der Waals surface area contributed by atoms with E-state index in [1.165, 1.54) is 6.92 Å². The minimum Gasteiger partial charge on any atom is -0.337 e. The molecular weight excluding hydrogens is 157 g/mol. The van der Waals surface area contributed by atoms with E-state index < -0.39 is 6.17 Å². The summed E-state index contributed by atoms with van der Waals surface area (Å²) in [5, 5.41) is 0. The molecule has 2 atom stereocenters. The molecule has 0 bridgehead atoms. The summed E-state index contributed by atoms with van der Waals surface area (Å²) in [5.41, 5.74) is 0. The Balaban J connectivity index is 0.000000561. The highest BCUT2D eigenvalue weighted by Gasteiger charge is 2.30. The van der Waals surface area contributed by atoms with E-state index in [4.69, 9.17) is 0 Å². The van der Waals surface area contributed by atoms with Crippen LogP contribution in [-0.4, -0.2) is 29.6 Å². The summed E-state index contributed by atoms with van der Waals surface area (Å²) >= 11 is 0. The highest BCUT2D eigenvalue weighted by atomic mass is 19.1. The number of alkyl halides is 1. The minimum absolute atomic E-state index is 0.255. The minimum atomic E-state index is -1.33. The lowest BCUT2D eigenvalue weighted by Gasteiger charge is -2.39. The van der Waals surface area contributed by atoms with Crippen molar-refractivity contribution in [3.05, 3.63) is 0 Å². The number of amides is 1. The lowest BCUT2D eigenvalue weighted by atomic mass is 10.0. The molecule has 1 aliphatic heterocycles. The van der Waals surface area contributed by atoms with Gasteiger partial charge in [0.1, 0.15) is 0 Å². The van der Waals surface area contributed by atoms with Gasteiger partial charge in [0.15, 0.2) is 6.17 Å².